The summed E-state index contributed by atoms with van der Waals surface area (Å²) in [4.78, 5) is 2.56. The Labute approximate surface area is 122 Å². The number of methoxy groups -OCH3 is 1. The molecular formula is C15H25ClN2O. The molecule has 0 amide bonds. The van der Waals surface area contributed by atoms with Crippen LogP contribution in [0.15, 0.2) is 18.2 Å². The number of halogens is 1. The zero-order chi connectivity index (χ0) is 13.1. The molecule has 1 saturated heterocycles. The summed E-state index contributed by atoms with van der Waals surface area (Å²) in [6, 6.07) is 7.68. The third-order valence-corrected chi connectivity index (χ3v) is 3.85. The third kappa shape index (κ3) is 3.85. The van der Waals surface area contributed by atoms with Gasteiger partial charge in [0.1, 0.15) is 5.75 Å². The molecule has 1 heterocycles. The van der Waals surface area contributed by atoms with Gasteiger partial charge < -0.3 is 10.1 Å². The molecule has 2 atom stereocenters. The van der Waals surface area contributed by atoms with E-state index in [0.29, 0.717) is 12.1 Å². The summed E-state index contributed by atoms with van der Waals surface area (Å²) >= 11 is 0. The summed E-state index contributed by atoms with van der Waals surface area (Å²) in [6.07, 6.45) is 0. The lowest BCUT2D eigenvalue weighted by Crippen LogP contribution is -2.54. The van der Waals surface area contributed by atoms with Gasteiger partial charge in [0.2, 0.25) is 0 Å². The van der Waals surface area contributed by atoms with Crippen LogP contribution >= 0.6 is 12.4 Å². The standard InChI is InChI=1S/C15H24N2O.ClH/c1-11-5-6-14(7-15(11)18-4)10-17-12(2)8-16-9-13(17)3;/h5-7,12-13,16H,8-10H2,1-4H3;1H/t12-,13+;. The Morgan fingerprint density at radius 1 is 1.26 bits per heavy atom. The van der Waals surface area contributed by atoms with Crippen molar-refractivity contribution in [3.63, 3.8) is 0 Å². The van der Waals surface area contributed by atoms with E-state index in [-0.39, 0.29) is 12.4 Å². The van der Waals surface area contributed by atoms with E-state index in [1.807, 2.05) is 0 Å². The molecule has 1 aliphatic heterocycles. The Kier molecular flexibility index (Phi) is 6.11. The van der Waals surface area contributed by atoms with Gasteiger partial charge in [-0.3, -0.25) is 4.90 Å². The van der Waals surface area contributed by atoms with E-state index in [2.05, 4.69) is 49.2 Å². The number of nitrogens with one attached hydrogen (secondary N) is 1. The van der Waals surface area contributed by atoms with Crippen molar-refractivity contribution < 1.29 is 4.74 Å². The molecule has 19 heavy (non-hydrogen) atoms. The minimum Gasteiger partial charge on any atom is -0.496 e. The second-order valence-electron chi connectivity index (χ2n) is 5.33. The molecule has 0 aliphatic carbocycles. The highest BCUT2D eigenvalue weighted by atomic mass is 35.5. The highest BCUT2D eigenvalue weighted by molar-refractivity contribution is 5.85. The summed E-state index contributed by atoms with van der Waals surface area (Å²) in [5, 5.41) is 3.47. The number of nitrogens with zero attached hydrogens (tertiary/aromatic N) is 1. The molecule has 1 N–H and O–H groups in total. The summed E-state index contributed by atoms with van der Waals surface area (Å²) in [5.74, 6) is 0.989. The number of aryl methyl sites for hydroxylation is 1. The van der Waals surface area contributed by atoms with Crippen molar-refractivity contribution in [2.45, 2.75) is 39.4 Å². The predicted octanol–water partition coefficient (Wildman–Crippen LogP) is 2.61. The monoisotopic (exact) mass is 284 g/mol. The fourth-order valence-corrected chi connectivity index (χ4v) is 2.66. The number of hydrogen-bond acceptors (Lipinski definition) is 3. The van der Waals surface area contributed by atoms with Crippen LogP contribution in [-0.2, 0) is 6.54 Å². The zero-order valence-electron chi connectivity index (χ0n) is 12.3. The van der Waals surface area contributed by atoms with E-state index in [1.165, 1.54) is 11.1 Å². The van der Waals surface area contributed by atoms with Crippen molar-refractivity contribution >= 4 is 12.4 Å². The zero-order valence-corrected chi connectivity index (χ0v) is 13.1. The van der Waals surface area contributed by atoms with Crippen molar-refractivity contribution in [2.75, 3.05) is 20.2 Å². The highest BCUT2D eigenvalue weighted by Crippen LogP contribution is 2.22. The molecule has 0 aromatic heterocycles. The molecule has 1 fully saturated rings. The Bertz CT molecular complexity index is 401. The van der Waals surface area contributed by atoms with E-state index in [4.69, 9.17) is 4.74 Å². The quantitative estimate of drug-likeness (QED) is 0.923. The molecule has 108 valence electrons. The maximum absolute atomic E-state index is 5.40. The van der Waals surface area contributed by atoms with Crippen LogP contribution in [0.2, 0.25) is 0 Å². The topological polar surface area (TPSA) is 24.5 Å². The van der Waals surface area contributed by atoms with Crippen LogP contribution in [0.1, 0.15) is 25.0 Å². The smallest absolute Gasteiger partial charge is 0.122 e. The van der Waals surface area contributed by atoms with E-state index >= 15 is 0 Å². The van der Waals surface area contributed by atoms with Crippen molar-refractivity contribution in [3.05, 3.63) is 29.3 Å². The largest absolute Gasteiger partial charge is 0.496 e. The van der Waals surface area contributed by atoms with Gasteiger partial charge in [0, 0.05) is 31.7 Å². The first kappa shape index (κ1) is 16.3. The average molecular weight is 285 g/mol. The van der Waals surface area contributed by atoms with Crippen LogP contribution in [-0.4, -0.2) is 37.2 Å². The third-order valence-electron chi connectivity index (χ3n) is 3.85. The van der Waals surface area contributed by atoms with Crippen LogP contribution < -0.4 is 10.1 Å². The van der Waals surface area contributed by atoms with Crippen LogP contribution in [0.3, 0.4) is 0 Å². The normalized spacial score (nSPS) is 23.8. The lowest BCUT2D eigenvalue weighted by Gasteiger charge is -2.39. The molecule has 0 radical (unpaired) electrons. The van der Waals surface area contributed by atoms with Crippen molar-refractivity contribution in [3.8, 4) is 5.75 Å². The second kappa shape index (κ2) is 7.13. The second-order valence-corrected chi connectivity index (χ2v) is 5.33. The molecule has 1 aromatic carbocycles. The first-order chi connectivity index (χ1) is 8.61. The van der Waals surface area contributed by atoms with Gasteiger partial charge in [-0.1, -0.05) is 12.1 Å². The summed E-state index contributed by atoms with van der Waals surface area (Å²) < 4.78 is 5.40. The van der Waals surface area contributed by atoms with E-state index in [9.17, 15) is 0 Å². The maximum atomic E-state index is 5.40. The number of benzene rings is 1. The molecule has 1 aliphatic rings. The Morgan fingerprint density at radius 3 is 2.47 bits per heavy atom. The van der Waals surface area contributed by atoms with Gasteiger partial charge in [0.15, 0.2) is 0 Å². The minimum atomic E-state index is 0. The van der Waals surface area contributed by atoms with Gasteiger partial charge in [-0.25, -0.2) is 0 Å². The van der Waals surface area contributed by atoms with Crippen molar-refractivity contribution in [1.82, 2.24) is 10.2 Å². The number of hydrogen-bond donors (Lipinski definition) is 1. The molecule has 2 rings (SSSR count). The van der Waals surface area contributed by atoms with Gasteiger partial charge in [-0.05, 0) is 38.0 Å². The van der Waals surface area contributed by atoms with Crippen LogP contribution in [0, 0.1) is 6.92 Å². The summed E-state index contributed by atoms with van der Waals surface area (Å²) in [6.45, 7) is 9.81. The molecule has 0 unspecified atom stereocenters. The molecule has 0 spiro atoms. The van der Waals surface area contributed by atoms with Gasteiger partial charge in [-0.15, -0.1) is 12.4 Å². The first-order valence-electron chi connectivity index (χ1n) is 6.71. The van der Waals surface area contributed by atoms with Crippen LogP contribution in [0.4, 0.5) is 0 Å². The lowest BCUT2D eigenvalue weighted by atomic mass is 10.1. The van der Waals surface area contributed by atoms with Crippen LogP contribution in [0.5, 0.6) is 5.75 Å². The SMILES string of the molecule is COc1cc(CN2[C@H](C)CNC[C@@H]2C)ccc1C.Cl. The number of piperazine rings is 1. The van der Waals surface area contributed by atoms with Gasteiger partial charge in [0.25, 0.3) is 0 Å². The fourth-order valence-electron chi connectivity index (χ4n) is 2.66. The van der Waals surface area contributed by atoms with Gasteiger partial charge in [0.05, 0.1) is 7.11 Å². The Morgan fingerprint density at radius 2 is 1.89 bits per heavy atom. The highest BCUT2D eigenvalue weighted by Gasteiger charge is 2.24. The number of rotatable bonds is 3. The van der Waals surface area contributed by atoms with E-state index in [1.54, 1.807) is 7.11 Å². The Hall–Kier alpha value is -0.770. The van der Waals surface area contributed by atoms with E-state index in [0.717, 1.165) is 25.4 Å². The molecule has 1 aromatic rings. The maximum Gasteiger partial charge on any atom is 0.122 e. The fraction of sp³-hybridized carbons (Fsp3) is 0.600. The van der Waals surface area contributed by atoms with Crippen molar-refractivity contribution in [1.29, 1.82) is 0 Å². The first-order valence-corrected chi connectivity index (χ1v) is 6.71. The van der Waals surface area contributed by atoms with E-state index < -0.39 is 0 Å². The van der Waals surface area contributed by atoms with Gasteiger partial charge in [-0.2, -0.15) is 0 Å². The molecular weight excluding hydrogens is 260 g/mol. The molecule has 3 nitrogen and oxygen atoms in total. The van der Waals surface area contributed by atoms with Crippen LogP contribution in [0.25, 0.3) is 0 Å². The Balaban J connectivity index is 0.00000180. The summed E-state index contributed by atoms with van der Waals surface area (Å²) in [5.41, 5.74) is 2.53. The molecule has 4 heteroatoms. The van der Waals surface area contributed by atoms with Gasteiger partial charge >= 0.3 is 0 Å². The summed E-state index contributed by atoms with van der Waals surface area (Å²) in [7, 11) is 1.74. The number of ether oxygens (including phenoxy) is 1. The minimum absolute atomic E-state index is 0. The average Bonchev–Trinajstić information content (AvgIpc) is 2.36. The lowest BCUT2D eigenvalue weighted by molar-refractivity contribution is 0.108. The predicted molar refractivity (Wildman–Crippen MR) is 82.3 cm³/mol. The van der Waals surface area contributed by atoms with Crippen molar-refractivity contribution in [2.24, 2.45) is 0 Å². The molecule has 0 bridgehead atoms. The molecule has 0 saturated carbocycles.